The Kier molecular flexibility index (Phi) is 3.95. The average molecular weight is 298 g/mol. The molecular weight excluding hydrogens is 282 g/mol. The summed E-state index contributed by atoms with van der Waals surface area (Å²) < 4.78 is 6.94. The van der Waals surface area contributed by atoms with Gasteiger partial charge in [-0.2, -0.15) is 5.26 Å². The lowest BCUT2D eigenvalue weighted by atomic mass is 9.98. The first-order chi connectivity index (χ1) is 7.27. The van der Waals surface area contributed by atoms with Gasteiger partial charge in [-0.15, -0.1) is 0 Å². The fraction of sp³-hybridized carbons (Fsp3) is 0.417. The molecule has 86 valence electrons. The summed E-state index contributed by atoms with van der Waals surface area (Å²) in [7, 11) is -1.75. The molecule has 0 heterocycles. The van der Waals surface area contributed by atoms with Crippen LogP contribution in [-0.2, 0) is 10.0 Å². The van der Waals surface area contributed by atoms with E-state index < -0.39 is 13.9 Å². The molecule has 0 radical (unpaired) electrons. The van der Waals surface area contributed by atoms with Crippen molar-refractivity contribution in [1.82, 2.24) is 0 Å². The third-order valence-electron chi connectivity index (χ3n) is 2.10. The van der Waals surface area contributed by atoms with E-state index >= 15 is 0 Å². The van der Waals surface area contributed by atoms with Crippen molar-refractivity contribution in [1.29, 1.82) is 5.26 Å². The second-order valence-corrected chi connectivity index (χ2v) is 10.2. The minimum Gasteiger partial charge on any atom is -0.397 e. The molecular formula is C12H16BrNOSi. The summed E-state index contributed by atoms with van der Waals surface area (Å²) in [5.74, 6) is 0. The molecule has 4 heteroatoms. The van der Waals surface area contributed by atoms with E-state index in [0.29, 0.717) is 0 Å². The van der Waals surface area contributed by atoms with Gasteiger partial charge in [-0.3, -0.25) is 0 Å². The van der Waals surface area contributed by atoms with Gasteiger partial charge >= 0.3 is 0 Å². The Morgan fingerprint density at radius 1 is 1.38 bits per heavy atom. The molecule has 0 unspecified atom stereocenters. The van der Waals surface area contributed by atoms with Crippen LogP contribution in [0, 0.1) is 11.3 Å². The van der Waals surface area contributed by atoms with Crippen LogP contribution in [0.2, 0.25) is 19.6 Å². The molecule has 0 aliphatic carbocycles. The fourth-order valence-electron chi connectivity index (χ4n) is 1.54. The molecule has 1 aromatic carbocycles. The molecule has 0 saturated carbocycles. The van der Waals surface area contributed by atoms with E-state index in [4.69, 9.17) is 4.43 Å². The van der Waals surface area contributed by atoms with Crippen LogP contribution in [0.15, 0.2) is 28.7 Å². The third-order valence-corrected chi connectivity index (χ3v) is 3.61. The number of nitrogens with zero attached hydrogens (tertiary/aromatic N) is 1. The van der Waals surface area contributed by atoms with Crippen molar-refractivity contribution in [2.75, 3.05) is 0 Å². The number of benzene rings is 1. The van der Waals surface area contributed by atoms with Crippen molar-refractivity contribution >= 4 is 24.2 Å². The number of nitriles is 1. The maximum atomic E-state index is 9.32. The van der Waals surface area contributed by atoms with Crippen molar-refractivity contribution in [2.24, 2.45) is 0 Å². The Bertz CT molecular complexity index is 422. The Morgan fingerprint density at radius 3 is 2.44 bits per heavy atom. The van der Waals surface area contributed by atoms with Crippen LogP contribution >= 0.6 is 15.9 Å². The molecule has 2 nitrogen and oxygen atoms in total. The highest BCUT2D eigenvalue weighted by molar-refractivity contribution is 9.10. The van der Waals surface area contributed by atoms with Crippen molar-refractivity contribution in [2.45, 2.75) is 32.2 Å². The smallest absolute Gasteiger partial charge is 0.186 e. The maximum absolute atomic E-state index is 9.32. The first kappa shape index (κ1) is 13.4. The van der Waals surface area contributed by atoms with Crippen molar-refractivity contribution in [3.63, 3.8) is 0 Å². The maximum Gasteiger partial charge on any atom is 0.186 e. The van der Waals surface area contributed by atoms with Gasteiger partial charge in [0.25, 0.3) is 0 Å². The SMILES string of the molecule is C[C@](C#N)(O[Si](C)(C)C)c1cccc(Br)c1. The summed E-state index contributed by atoms with van der Waals surface area (Å²) in [6.07, 6.45) is 0. The highest BCUT2D eigenvalue weighted by Gasteiger charge is 2.33. The predicted molar refractivity (Wildman–Crippen MR) is 71.5 cm³/mol. The minimum absolute atomic E-state index is 0.853. The van der Waals surface area contributed by atoms with E-state index in [2.05, 4.69) is 41.6 Å². The van der Waals surface area contributed by atoms with Crippen LogP contribution in [0.4, 0.5) is 0 Å². The van der Waals surface area contributed by atoms with Crippen LogP contribution in [0.5, 0.6) is 0 Å². The van der Waals surface area contributed by atoms with E-state index in [1.807, 2.05) is 31.2 Å². The number of hydrogen-bond acceptors (Lipinski definition) is 2. The van der Waals surface area contributed by atoms with Crippen LogP contribution in [0.3, 0.4) is 0 Å². The van der Waals surface area contributed by atoms with E-state index in [-0.39, 0.29) is 0 Å². The Morgan fingerprint density at radius 2 is 2.00 bits per heavy atom. The summed E-state index contributed by atoms with van der Waals surface area (Å²) in [6, 6.07) is 9.99. The zero-order chi connectivity index (χ0) is 12.4. The summed E-state index contributed by atoms with van der Waals surface area (Å²) in [5, 5.41) is 9.32. The predicted octanol–water partition coefficient (Wildman–Crippen LogP) is 4.04. The molecule has 0 saturated heterocycles. The molecule has 0 spiro atoms. The van der Waals surface area contributed by atoms with Crippen LogP contribution in [0.25, 0.3) is 0 Å². The molecule has 0 aliphatic heterocycles. The number of halogens is 1. The molecule has 0 N–H and O–H groups in total. The highest BCUT2D eigenvalue weighted by Crippen LogP contribution is 2.30. The van der Waals surface area contributed by atoms with Gasteiger partial charge in [0, 0.05) is 4.47 Å². The minimum atomic E-state index is -1.75. The average Bonchev–Trinajstić information content (AvgIpc) is 2.15. The summed E-state index contributed by atoms with van der Waals surface area (Å²) in [4.78, 5) is 0. The van der Waals surface area contributed by atoms with Crippen molar-refractivity contribution in [3.05, 3.63) is 34.3 Å². The van der Waals surface area contributed by atoms with Crippen LogP contribution < -0.4 is 0 Å². The Hall–Kier alpha value is -0.633. The molecule has 0 aliphatic rings. The van der Waals surface area contributed by atoms with E-state index in [1.54, 1.807) is 0 Å². The standard InChI is InChI=1S/C12H16BrNOSi/c1-12(9-14,15-16(2,3)4)10-6-5-7-11(13)8-10/h5-8H,1-4H3/t12-/m1/s1. The van der Waals surface area contributed by atoms with Crippen molar-refractivity contribution in [3.8, 4) is 6.07 Å². The Labute approximate surface area is 106 Å². The lowest BCUT2D eigenvalue weighted by molar-refractivity contribution is 0.141. The van der Waals surface area contributed by atoms with Gasteiger partial charge in [-0.05, 0) is 44.3 Å². The quantitative estimate of drug-likeness (QED) is 0.789. The van der Waals surface area contributed by atoms with Gasteiger partial charge in [0.05, 0.1) is 0 Å². The normalized spacial score (nSPS) is 15.2. The molecule has 1 aromatic rings. The lowest BCUT2D eigenvalue weighted by Gasteiger charge is -2.30. The summed E-state index contributed by atoms with van der Waals surface area (Å²) in [6.45, 7) is 8.08. The summed E-state index contributed by atoms with van der Waals surface area (Å²) in [5.41, 5.74) is 0.0423. The van der Waals surface area contributed by atoms with Gasteiger partial charge in [-0.25, -0.2) is 0 Å². The molecule has 0 amide bonds. The van der Waals surface area contributed by atoms with E-state index in [9.17, 15) is 5.26 Å². The number of hydrogen-bond donors (Lipinski definition) is 0. The highest BCUT2D eigenvalue weighted by atomic mass is 79.9. The van der Waals surface area contributed by atoms with Gasteiger partial charge in [0.2, 0.25) is 0 Å². The number of rotatable bonds is 3. The fourth-order valence-corrected chi connectivity index (χ4v) is 3.33. The zero-order valence-electron chi connectivity index (χ0n) is 10.0. The third kappa shape index (κ3) is 3.44. The van der Waals surface area contributed by atoms with Gasteiger partial charge in [-0.1, -0.05) is 28.1 Å². The molecule has 0 fully saturated rings. The molecule has 0 aromatic heterocycles. The van der Waals surface area contributed by atoms with Crippen LogP contribution in [0.1, 0.15) is 12.5 Å². The summed E-state index contributed by atoms with van der Waals surface area (Å²) >= 11 is 3.41. The van der Waals surface area contributed by atoms with Crippen LogP contribution in [-0.4, -0.2) is 8.32 Å². The van der Waals surface area contributed by atoms with Gasteiger partial charge in [0.1, 0.15) is 6.07 Å². The first-order valence-corrected chi connectivity index (χ1v) is 9.34. The molecule has 1 rings (SSSR count). The van der Waals surface area contributed by atoms with E-state index in [1.165, 1.54) is 0 Å². The molecule has 1 atom stereocenters. The monoisotopic (exact) mass is 297 g/mol. The first-order valence-electron chi connectivity index (χ1n) is 5.14. The largest absolute Gasteiger partial charge is 0.397 e. The lowest BCUT2D eigenvalue weighted by Crippen LogP contribution is -2.37. The Balaban J connectivity index is 3.11. The van der Waals surface area contributed by atoms with Gasteiger partial charge in [0.15, 0.2) is 13.9 Å². The second kappa shape index (κ2) is 4.70. The molecule has 16 heavy (non-hydrogen) atoms. The zero-order valence-corrected chi connectivity index (χ0v) is 12.6. The molecule has 0 bridgehead atoms. The van der Waals surface area contributed by atoms with Gasteiger partial charge < -0.3 is 4.43 Å². The van der Waals surface area contributed by atoms with E-state index in [0.717, 1.165) is 10.0 Å². The topological polar surface area (TPSA) is 33.0 Å². The van der Waals surface area contributed by atoms with Crippen molar-refractivity contribution < 1.29 is 4.43 Å². The second-order valence-electron chi connectivity index (χ2n) is 4.87.